The largest absolute Gasteiger partial charge is 0.312 e. The van der Waals surface area contributed by atoms with E-state index in [1.54, 1.807) is 30.2 Å². The standard InChI is InChI=1S/C15H19N5OS/c1-4-11(2)17-18-14(21)13-7-5-12(6-8-13)9-22-15-19-16-10-20(15)3/h5-8,10H,4,9H2,1-3H3,(H,18,21)/b17-11+. The Morgan fingerprint density at radius 3 is 2.68 bits per heavy atom. The van der Waals surface area contributed by atoms with Crippen LogP contribution in [0, 0.1) is 0 Å². The second-order valence-electron chi connectivity index (χ2n) is 4.85. The number of rotatable bonds is 6. The highest BCUT2D eigenvalue weighted by Gasteiger charge is 2.06. The maximum atomic E-state index is 11.9. The molecule has 1 heterocycles. The van der Waals surface area contributed by atoms with Crippen molar-refractivity contribution >= 4 is 23.4 Å². The van der Waals surface area contributed by atoms with Crippen LogP contribution >= 0.6 is 11.8 Å². The van der Waals surface area contributed by atoms with Gasteiger partial charge in [-0.05, 0) is 31.0 Å². The Bertz CT molecular complexity index is 663. The van der Waals surface area contributed by atoms with E-state index in [1.807, 2.05) is 37.6 Å². The highest BCUT2D eigenvalue weighted by atomic mass is 32.2. The summed E-state index contributed by atoms with van der Waals surface area (Å²) in [6.45, 7) is 3.88. The molecule has 0 fully saturated rings. The Labute approximate surface area is 134 Å². The Balaban J connectivity index is 1.92. The van der Waals surface area contributed by atoms with Crippen molar-refractivity contribution in [2.75, 3.05) is 0 Å². The number of nitrogens with one attached hydrogen (secondary N) is 1. The second-order valence-corrected chi connectivity index (χ2v) is 5.79. The van der Waals surface area contributed by atoms with Gasteiger partial charge in [-0.25, -0.2) is 5.43 Å². The van der Waals surface area contributed by atoms with Gasteiger partial charge in [0.25, 0.3) is 5.91 Å². The van der Waals surface area contributed by atoms with Gasteiger partial charge < -0.3 is 4.57 Å². The summed E-state index contributed by atoms with van der Waals surface area (Å²) < 4.78 is 1.88. The summed E-state index contributed by atoms with van der Waals surface area (Å²) in [6, 6.07) is 7.49. The lowest BCUT2D eigenvalue weighted by Crippen LogP contribution is -2.18. The molecule has 7 heteroatoms. The first-order chi connectivity index (χ1) is 10.6. The van der Waals surface area contributed by atoms with Crippen LogP contribution in [0.1, 0.15) is 36.2 Å². The fourth-order valence-corrected chi connectivity index (χ4v) is 2.44. The molecule has 6 nitrogen and oxygen atoms in total. The zero-order valence-corrected chi connectivity index (χ0v) is 13.7. The van der Waals surface area contributed by atoms with Crippen molar-refractivity contribution in [3.63, 3.8) is 0 Å². The minimum Gasteiger partial charge on any atom is -0.312 e. The highest BCUT2D eigenvalue weighted by molar-refractivity contribution is 7.98. The van der Waals surface area contributed by atoms with Crippen LogP contribution in [0.5, 0.6) is 0 Å². The molecule has 0 aliphatic heterocycles. The summed E-state index contributed by atoms with van der Waals surface area (Å²) in [4.78, 5) is 11.9. The van der Waals surface area contributed by atoms with Gasteiger partial charge in [0.05, 0.1) is 0 Å². The number of carbonyl (C=O) groups excluding carboxylic acids is 1. The van der Waals surface area contributed by atoms with Crippen molar-refractivity contribution in [3.8, 4) is 0 Å². The molecule has 22 heavy (non-hydrogen) atoms. The number of benzene rings is 1. The Morgan fingerprint density at radius 2 is 2.09 bits per heavy atom. The second kappa shape index (κ2) is 7.74. The van der Waals surface area contributed by atoms with E-state index in [9.17, 15) is 4.79 Å². The molecule has 2 rings (SSSR count). The average molecular weight is 317 g/mol. The zero-order chi connectivity index (χ0) is 15.9. The third-order valence-electron chi connectivity index (χ3n) is 3.11. The van der Waals surface area contributed by atoms with Crippen LogP contribution in [0.15, 0.2) is 40.9 Å². The molecule has 1 N–H and O–H groups in total. The minimum absolute atomic E-state index is 0.194. The van der Waals surface area contributed by atoms with E-state index in [2.05, 4.69) is 20.7 Å². The number of hydrogen-bond donors (Lipinski definition) is 1. The summed E-state index contributed by atoms with van der Waals surface area (Å²) >= 11 is 1.61. The Hall–Kier alpha value is -2.15. The molecule has 0 spiro atoms. The van der Waals surface area contributed by atoms with Crippen molar-refractivity contribution in [1.29, 1.82) is 0 Å². The van der Waals surface area contributed by atoms with E-state index in [-0.39, 0.29) is 5.91 Å². The number of aromatic nitrogens is 3. The van der Waals surface area contributed by atoms with Gasteiger partial charge in [0.15, 0.2) is 5.16 Å². The number of nitrogens with zero attached hydrogens (tertiary/aromatic N) is 4. The monoisotopic (exact) mass is 317 g/mol. The van der Waals surface area contributed by atoms with Crippen LogP contribution in [0.2, 0.25) is 0 Å². The van der Waals surface area contributed by atoms with E-state index < -0.39 is 0 Å². The molecule has 2 aromatic rings. The van der Waals surface area contributed by atoms with Crippen LogP contribution < -0.4 is 5.43 Å². The van der Waals surface area contributed by atoms with Gasteiger partial charge in [0, 0.05) is 24.1 Å². The third-order valence-corrected chi connectivity index (χ3v) is 4.22. The fraction of sp³-hybridized carbons (Fsp3) is 0.333. The van der Waals surface area contributed by atoms with Gasteiger partial charge in [-0.3, -0.25) is 4.79 Å². The smallest absolute Gasteiger partial charge is 0.271 e. The first kappa shape index (κ1) is 16.2. The maximum Gasteiger partial charge on any atom is 0.271 e. The molecule has 0 aliphatic carbocycles. The van der Waals surface area contributed by atoms with Crippen LogP contribution in [0.25, 0.3) is 0 Å². The summed E-state index contributed by atoms with van der Waals surface area (Å²) in [7, 11) is 1.91. The van der Waals surface area contributed by atoms with E-state index in [4.69, 9.17) is 0 Å². The quantitative estimate of drug-likeness (QED) is 0.505. The molecule has 116 valence electrons. The van der Waals surface area contributed by atoms with E-state index in [0.717, 1.165) is 28.6 Å². The predicted octanol–water partition coefficient (Wildman–Crippen LogP) is 2.62. The Kier molecular flexibility index (Phi) is 5.71. The van der Waals surface area contributed by atoms with Crippen LogP contribution in [0.4, 0.5) is 0 Å². The summed E-state index contributed by atoms with van der Waals surface area (Å²) in [5.41, 5.74) is 5.17. The molecule has 1 aromatic heterocycles. The topological polar surface area (TPSA) is 72.2 Å². The molecule has 1 amide bonds. The van der Waals surface area contributed by atoms with Crippen LogP contribution in [0.3, 0.4) is 0 Å². The van der Waals surface area contributed by atoms with Gasteiger partial charge in [-0.15, -0.1) is 10.2 Å². The maximum absolute atomic E-state index is 11.9. The number of carbonyl (C=O) groups is 1. The highest BCUT2D eigenvalue weighted by Crippen LogP contribution is 2.20. The van der Waals surface area contributed by atoms with Crippen LogP contribution in [-0.4, -0.2) is 26.4 Å². The molecule has 0 unspecified atom stereocenters. The molecule has 1 aromatic carbocycles. The number of amides is 1. The number of aryl methyl sites for hydroxylation is 1. The zero-order valence-electron chi connectivity index (χ0n) is 12.9. The molecular formula is C15H19N5OS. The van der Waals surface area contributed by atoms with Crippen molar-refractivity contribution in [3.05, 3.63) is 41.7 Å². The summed E-state index contributed by atoms with van der Waals surface area (Å²) in [6.07, 6.45) is 2.49. The van der Waals surface area contributed by atoms with Gasteiger partial charge in [-0.2, -0.15) is 5.10 Å². The lowest BCUT2D eigenvalue weighted by atomic mass is 10.1. The fourth-order valence-electron chi connectivity index (χ4n) is 1.59. The van der Waals surface area contributed by atoms with E-state index in [1.165, 1.54) is 0 Å². The van der Waals surface area contributed by atoms with Gasteiger partial charge >= 0.3 is 0 Å². The van der Waals surface area contributed by atoms with Gasteiger partial charge in [0.2, 0.25) is 0 Å². The van der Waals surface area contributed by atoms with Crippen LogP contribution in [-0.2, 0) is 12.8 Å². The Morgan fingerprint density at radius 1 is 1.36 bits per heavy atom. The van der Waals surface area contributed by atoms with Gasteiger partial charge in [-0.1, -0.05) is 30.8 Å². The minimum atomic E-state index is -0.194. The van der Waals surface area contributed by atoms with E-state index >= 15 is 0 Å². The molecular weight excluding hydrogens is 298 g/mol. The molecule has 0 atom stereocenters. The number of hydrogen-bond acceptors (Lipinski definition) is 5. The predicted molar refractivity (Wildman–Crippen MR) is 87.9 cm³/mol. The summed E-state index contributed by atoms with van der Waals surface area (Å²) in [5, 5.41) is 12.7. The van der Waals surface area contributed by atoms with Gasteiger partial charge in [0.1, 0.15) is 6.33 Å². The first-order valence-electron chi connectivity index (χ1n) is 6.99. The van der Waals surface area contributed by atoms with Crippen molar-refractivity contribution in [2.45, 2.75) is 31.2 Å². The van der Waals surface area contributed by atoms with E-state index in [0.29, 0.717) is 5.56 Å². The summed E-state index contributed by atoms with van der Waals surface area (Å²) in [5.74, 6) is 0.585. The lowest BCUT2D eigenvalue weighted by Gasteiger charge is -2.04. The van der Waals surface area contributed by atoms with Crippen molar-refractivity contribution < 1.29 is 4.79 Å². The molecule has 0 bridgehead atoms. The molecule has 0 aliphatic rings. The number of thioether (sulfide) groups is 1. The SMILES string of the molecule is CC/C(C)=N/NC(=O)c1ccc(CSc2nncn2C)cc1. The molecule has 0 saturated carbocycles. The molecule has 0 radical (unpaired) electrons. The third kappa shape index (κ3) is 4.42. The van der Waals surface area contributed by atoms with Crippen molar-refractivity contribution in [1.82, 2.24) is 20.2 Å². The van der Waals surface area contributed by atoms with Crippen molar-refractivity contribution in [2.24, 2.45) is 12.1 Å². The lowest BCUT2D eigenvalue weighted by molar-refractivity contribution is 0.0954. The molecule has 0 saturated heterocycles. The number of hydrazone groups is 1. The first-order valence-corrected chi connectivity index (χ1v) is 7.98. The average Bonchev–Trinajstić information content (AvgIpc) is 2.96. The normalized spacial score (nSPS) is 11.5.